The summed E-state index contributed by atoms with van der Waals surface area (Å²) in [4.78, 5) is 23.2. The number of rotatable bonds is 5. The van der Waals surface area contributed by atoms with Crippen molar-refractivity contribution in [2.45, 2.75) is 12.8 Å². The lowest BCUT2D eigenvalue weighted by Crippen LogP contribution is -2.22. The minimum absolute atomic E-state index is 0.287. The molecule has 0 saturated carbocycles. The molecule has 0 radical (unpaired) electrons. The topological polar surface area (TPSA) is 76.6 Å². The van der Waals surface area contributed by atoms with Crippen molar-refractivity contribution in [2.24, 2.45) is 0 Å². The fraction of sp³-hybridized carbons (Fsp3) is 0.353. The highest BCUT2D eigenvalue weighted by Crippen LogP contribution is 2.29. The number of nitrogens with one attached hydrogen (secondary N) is 1. The van der Waals surface area contributed by atoms with Crippen LogP contribution in [-0.4, -0.2) is 43.2 Å². The summed E-state index contributed by atoms with van der Waals surface area (Å²) in [6.45, 7) is 1.86. The molecule has 0 unspecified atom stereocenters. The first-order valence-electron chi connectivity index (χ1n) is 7.82. The van der Waals surface area contributed by atoms with Gasteiger partial charge in [0.25, 0.3) is 5.91 Å². The molecule has 7 heteroatoms. The van der Waals surface area contributed by atoms with Gasteiger partial charge in [-0.2, -0.15) is 0 Å². The van der Waals surface area contributed by atoms with E-state index in [1.807, 2.05) is 0 Å². The summed E-state index contributed by atoms with van der Waals surface area (Å²) >= 11 is 0. The Kier molecular flexibility index (Phi) is 4.79. The van der Waals surface area contributed by atoms with Crippen LogP contribution in [0, 0.1) is 0 Å². The molecule has 2 heterocycles. The van der Waals surface area contributed by atoms with Gasteiger partial charge in [-0.15, -0.1) is 0 Å². The van der Waals surface area contributed by atoms with E-state index in [9.17, 15) is 4.79 Å². The van der Waals surface area contributed by atoms with Crippen molar-refractivity contribution in [2.75, 3.05) is 37.5 Å². The largest absolute Gasteiger partial charge is 0.493 e. The molecular weight excluding hydrogens is 308 g/mol. The van der Waals surface area contributed by atoms with Crippen LogP contribution < -0.4 is 19.7 Å². The molecule has 3 rings (SSSR count). The maximum atomic E-state index is 12.4. The zero-order chi connectivity index (χ0) is 16.9. The van der Waals surface area contributed by atoms with Gasteiger partial charge in [-0.05, 0) is 31.0 Å². The van der Waals surface area contributed by atoms with Crippen molar-refractivity contribution in [3.63, 3.8) is 0 Å². The molecule has 0 aliphatic carbocycles. The van der Waals surface area contributed by atoms with Crippen molar-refractivity contribution in [1.82, 2.24) is 9.97 Å². The van der Waals surface area contributed by atoms with E-state index in [0.717, 1.165) is 25.9 Å². The third kappa shape index (κ3) is 3.40. The molecule has 1 aliphatic heterocycles. The predicted octanol–water partition coefficient (Wildman–Crippen LogP) is 2.35. The predicted molar refractivity (Wildman–Crippen MR) is 91.0 cm³/mol. The Morgan fingerprint density at radius 1 is 1.12 bits per heavy atom. The Labute approximate surface area is 140 Å². The van der Waals surface area contributed by atoms with Gasteiger partial charge in [0.15, 0.2) is 11.5 Å². The second-order valence-electron chi connectivity index (χ2n) is 5.46. The van der Waals surface area contributed by atoms with Gasteiger partial charge < -0.3 is 19.7 Å². The lowest BCUT2D eigenvalue weighted by Gasteiger charge is -2.15. The number of hydrogen-bond acceptors (Lipinski definition) is 6. The maximum absolute atomic E-state index is 12.4. The van der Waals surface area contributed by atoms with Crippen LogP contribution in [-0.2, 0) is 0 Å². The molecule has 1 aliphatic rings. The first-order chi connectivity index (χ1) is 11.7. The molecule has 0 bridgehead atoms. The number of ether oxygens (including phenoxy) is 2. The normalized spacial score (nSPS) is 13.7. The number of benzene rings is 1. The zero-order valence-corrected chi connectivity index (χ0v) is 13.8. The quantitative estimate of drug-likeness (QED) is 0.908. The molecule has 1 saturated heterocycles. The number of aromatic nitrogens is 2. The van der Waals surface area contributed by atoms with E-state index >= 15 is 0 Å². The van der Waals surface area contributed by atoms with Crippen LogP contribution in [0.4, 0.5) is 11.6 Å². The summed E-state index contributed by atoms with van der Waals surface area (Å²) < 4.78 is 10.4. The number of nitrogens with zero attached hydrogens (tertiary/aromatic N) is 3. The molecule has 0 atom stereocenters. The molecule has 1 aromatic carbocycles. The summed E-state index contributed by atoms with van der Waals surface area (Å²) in [5, 5.41) is 2.82. The molecular formula is C17H20N4O3. The number of anilines is 2. The highest BCUT2D eigenvalue weighted by molar-refractivity contribution is 6.03. The van der Waals surface area contributed by atoms with Crippen LogP contribution in [0.3, 0.4) is 0 Å². The fourth-order valence-corrected chi connectivity index (χ4v) is 2.65. The molecule has 1 amide bonds. The summed E-state index contributed by atoms with van der Waals surface area (Å²) in [6.07, 6.45) is 3.88. The van der Waals surface area contributed by atoms with E-state index < -0.39 is 0 Å². The van der Waals surface area contributed by atoms with E-state index in [0.29, 0.717) is 28.8 Å². The summed E-state index contributed by atoms with van der Waals surface area (Å²) in [7, 11) is 3.12. The number of carbonyl (C=O) groups excluding carboxylic acids is 1. The fourth-order valence-electron chi connectivity index (χ4n) is 2.65. The van der Waals surface area contributed by atoms with Crippen LogP contribution in [0.1, 0.15) is 23.3 Å². The molecule has 1 aromatic heterocycles. The van der Waals surface area contributed by atoms with Crippen LogP contribution in [0.2, 0.25) is 0 Å². The minimum Gasteiger partial charge on any atom is -0.493 e. The van der Waals surface area contributed by atoms with Gasteiger partial charge in [0.1, 0.15) is 5.69 Å². The highest BCUT2D eigenvalue weighted by Gasteiger charge is 2.17. The standard InChI is InChI=1S/C17H20N4O3/c1-23-14-6-5-12(11-15(14)24-2)19-16(22)13-7-8-18-17(20-13)21-9-3-4-10-21/h5-8,11H,3-4,9-10H2,1-2H3,(H,19,22). The van der Waals surface area contributed by atoms with Crippen LogP contribution in [0.5, 0.6) is 11.5 Å². The molecule has 7 nitrogen and oxygen atoms in total. The van der Waals surface area contributed by atoms with Crippen molar-refractivity contribution in [1.29, 1.82) is 0 Å². The maximum Gasteiger partial charge on any atom is 0.274 e. The number of hydrogen-bond donors (Lipinski definition) is 1. The third-order valence-electron chi connectivity index (χ3n) is 3.91. The molecule has 1 N–H and O–H groups in total. The van der Waals surface area contributed by atoms with Crippen LogP contribution >= 0.6 is 0 Å². The van der Waals surface area contributed by atoms with E-state index in [2.05, 4.69) is 20.2 Å². The number of carbonyl (C=O) groups is 1. The Morgan fingerprint density at radius 2 is 1.88 bits per heavy atom. The number of amides is 1. The van der Waals surface area contributed by atoms with Crippen LogP contribution in [0.25, 0.3) is 0 Å². The first-order valence-corrected chi connectivity index (χ1v) is 7.82. The van der Waals surface area contributed by atoms with Gasteiger partial charge in [-0.3, -0.25) is 4.79 Å². The zero-order valence-electron chi connectivity index (χ0n) is 13.8. The Hall–Kier alpha value is -2.83. The monoisotopic (exact) mass is 328 g/mol. The smallest absolute Gasteiger partial charge is 0.274 e. The van der Waals surface area contributed by atoms with Crippen molar-refractivity contribution >= 4 is 17.5 Å². The first kappa shape index (κ1) is 16.0. The Bertz CT molecular complexity index is 730. The van der Waals surface area contributed by atoms with Crippen molar-refractivity contribution in [3.8, 4) is 11.5 Å². The van der Waals surface area contributed by atoms with Crippen molar-refractivity contribution < 1.29 is 14.3 Å². The van der Waals surface area contributed by atoms with E-state index in [1.54, 1.807) is 44.7 Å². The average molecular weight is 328 g/mol. The summed E-state index contributed by atoms with van der Waals surface area (Å²) in [5.74, 6) is 1.47. The summed E-state index contributed by atoms with van der Waals surface area (Å²) in [5.41, 5.74) is 0.945. The Morgan fingerprint density at radius 3 is 2.58 bits per heavy atom. The van der Waals surface area contributed by atoms with Gasteiger partial charge in [-0.1, -0.05) is 0 Å². The lowest BCUT2D eigenvalue weighted by molar-refractivity contribution is 0.102. The molecule has 126 valence electrons. The molecule has 1 fully saturated rings. The molecule has 0 spiro atoms. The van der Waals surface area contributed by atoms with Gasteiger partial charge in [0.2, 0.25) is 5.95 Å². The second kappa shape index (κ2) is 7.16. The lowest BCUT2D eigenvalue weighted by atomic mass is 10.2. The van der Waals surface area contributed by atoms with Gasteiger partial charge in [0, 0.05) is 31.0 Å². The van der Waals surface area contributed by atoms with E-state index in [4.69, 9.17) is 9.47 Å². The third-order valence-corrected chi connectivity index (χ3v) is 3.91. The molecule has 24 heavy (non-hydrogen) atoms. The van der Waals surface area contributed by atoms with Gasteiger partial charge in [-0.25, -0.2) is 9.97 Å². The number of methoxy groups -OCH3 is 2. The average Bonchev–Trinajstić information content (AvgIpc) is 3.16. The van der Waals surface area contributed by atoms with E-state index in [1.165, 1.54) is 0 Å². The highest BCUT2D eigenvalue weighted by atomic mass is 16.5. The summed E-state index contributed by atoms with van der Waals surface area (Å²) in [6, 6.07) is 6.81. The second-order valence-corrected chi connectivity index (χ2v) is 5.46. The molecule has 2 aromatic rings. The van der Waals surface area contributed by atoms with Crippen molar-refractivity contribution in [3.05, 3.63) is 36.2 Å². The Balaban J connectivity index is 1.76. The van der Waals surface area contributed by atoms with E-state index in [-0.39, 0.29) is 5.91 Å². The van der Waals surface area contributed by atoms with Gasteiger partial charge in [0.05, 0.1) is 14.2 Å². The van der Waals surface area contributed by atoms with Gasteiger partial charge >= 0.3 is 0 Å². The van der Waals surface area contributed by atoms with Crippen LogP contribution in [0.15, 0.2) is 30.5 Å². The minimum atomic E-state index is -0.287. The SMILES string of the molecule is COc1ccc(NC(=O)c2ccnc(N3CCCC3)n2)cc1OC.